The second kappa shape index (κ2) is 8.91. The van der Waals surface area contributed by atoms with Crippen LogP contribution in [0.1, 0.15) is 23.9 Å². The van der Waals surface area contributed by atoms with E-state index in [4.69, 9.17) is 14.2 Å². The van der Waals surface area contributed by atoms with Crippen LogP contribution in [0.5, 0.6) is 0 Å². The zero-order chi connectivity index (χ0) is 22.8. The van der Waals surface area contributed by atoms with Crippen LogP contribution in [0.3, 0.4) is 0 Å². The summed E-state index contributed by atoms with van der Waals surface area (Å²) in [5, 5.41) is 3.85. The number of aryl methyl sites for hydroxylation is 1. The number of hydrogen-bond donors (Lipinski definition) is 0. The van der Waals surface area contributed by atoms with Gasteiger partial charge < -0.3 is 14.2 Å². The molecular formula is C23H23N7O3. The average Bonchev–Trinajstić information content (AvgIpc) is 3.13. The molecule has 1 aliphatic rings. The number of benzene rings is 1. The number of nitrogens with zero attached hydrogens (tertiary/aromatic N) is 7. The monoisotopic (exact) mass is 445 g/mol. The van der Waals surface area contributed by atoms with Gasteiger partial charge >= 0.3 is 0 Å². The Morgan fingerprint density at radius 2 is 1.94 bits per heavy atom. The maximum Gasteiger partial charge on any atom is 0.257 e. The molecule has 0 saturated carbocycles. The van der Waals surface area contributed by atoms with Crippen LogP contribution in [0.25, 0.3) is 22.8 Å². The topological polar surface area (TPSA) is 112 Å². The minimum atomic E-state index is -0.175. The fourth-order valence-corrected chi connectivity index (χ4v) is 3.85. The maximum absolute atomic E-state index is 12.7. The van der Waals surface area contributed by atoms with Crippen molar-refractivity contribution in [1.29, 1.82) is 0 Å². The van der Waals surface area contributed by atoms with Crippen molar-refractivity contribution in [2.75, 3.05) is 24.6 Å². The van der Waals surface area contributed by atoms with E-state index in [2.05, 4.69) is 25.0 Å². The second-order valence-electron chi connectivity index (χ2n) is 7.86. The largest absolute Gasteiger partial charge is 0.372 e. The first kappa shape index (κ1) is 21.0. The van der Waals surface area contributed by atoms with Gasteiger partial charge in [0.25, 0.3) is 11.4 Å². The Labute approximate surface area is 189 Å². The van der Waals surface area contributed by atoms with Crippen molar-refractivity contribution in [3.8, 4) is 22.8 Å². The van der Waals surface area contributed by atoms with Crippen molar-refractivity contribution in [1.82, 2.24) is 29.7 Å². The van der Waals surface area contributed by atoms with Gasteiger partial charge in [0.2, 0.25) is 5.95 Å². The molecule has 10 nitrogen and oxygen atoms in total. The molecule has 10 heteroatoms. The summed E-state index contributed by atoms with van der Waals surface area (Å²) in [6.07, 6.45) is 3.73. The van der Waals surface area contributed by atoms with E-state index in [1.165, 1.54) is 12.4 Å². The fourth-order valence-electron chi connectivity index (χ4n) is 3.85. The molecule has 1 fully saturated rings. The molecule has 0 amide bonds. The molecule has 0 N–H and O–H groups in total. The summed E-state index contributed by atoms with van der Waals surface area (Å²) in [6, 6.07) is 11.1. The van der Waals surface area contributed by atoms with Gasteiger partial charge in [0.05, 0.1) is 17.9 Å². The average molecular weight is 445 g/mol. The molecule has 1 saturated heterocycles. The first-order valence-electron chi connectivity index (χ1n) is 10.7. The maximum atomic E-state index is 12.7. The normalized spacial score (nSPS) is 16.5. The predicted octanol–water partition coefficient (Wildman–Crippen LogP) is 2.56. The Hall–Kier alpha value is -3.92. The Balaban J connectivity index is 1.43. The summed E-state index contributed by atoms with van der Waals surface area (Å²) < 4.78 is 13.0. The van der Waals surface area contributed by atoms with Gasteiger partial charge in [0.1, 0.15) is 12.4 Å². The van der Waals surface area contributed by atoms with Crippen molar-refractivity contribution in [3.63, 3.8) is 0 Å². The van der Waals surface area contributed by atoms with E-state index < -0.39 is 0 Å². The highest BCUT2D eigenvalue weighted by atomic mass is 16.5. The van der Waals surface area contributed by atoms with E-state index in [9.17, 15) is 4.79 Å². The number of aromatic nitrogens is 6. The van der Waals surface area contributed by atoms with Gasteiger partial charge in [-0.15, -0.1) is 0 Å². The molecule has 33 heavy (non-hydrogen) atoms. The summed E-state index contributed by atoms with van der Waals surface area (Å²) in [7, 11) is 1.73. The lowest BCUT2D eigenvalue weighted by Gasteiger charge is -2.26. The van der Waals surface area contributed by atoms with Crippen LogP contribution in [0, 0.1) is 6.92 Å². The SMILES string of the molecule is Cc1noc(-c2ccc([C@H]3CN(c4nc(-c5ccncn5)cc(=O)n4C)CCCO3)cc2)n1. The van der Waals surface area contributed by atoms with Crippen molar-refractivity contribution in [2.45, 2.75) is 19.4 Å². The van der Waals surface area contributed by atoms with E-state index in [-0.39, 0.29) is 11.7 Å². The molecule has 168 valence electrons. The Morgan fingerprint density at radius 1 is 1.09 bits per heavy atom. The molecular weight excluding hydrogens is 422 g/mol. The standard InChI is InChI=1S/C23H23N7O3/c1-15-26-22(33-28-15)17-6-4-16(5-7-17)20-13-30(10-3-11-32-20)23-27-19(12-21(31)29(23)2)18-8-9-24-14-25-18/h4-9,12,14,20H,3,10-11,13H2,1-2H3/t20-/m1/s1. The highest BCUT2D eigenvalue weighted by molar-refractivity contribution is 5.55. The molecule has 0 bridgehead atoms. The van der Waals surface area contributed by atoms with E-state index in [0.29, 0.717) is 42.2 Å². The van der Waals surface area contributed by atoms with Gasteiger partial charge in [-0.05, 0) is 37.1 Å². The third kappa shape index (κ3) is 4.37. The molecule has 0 radical (unpaired) electrons. The number of ether oxygens (including phenoxy) is 1. The first-order chi connectivity index (χ1) is 16.1. The number of rotatable bonds is 4. The lowest BCUT2D eigenvalue weighted by molar-refractivity contribution is 0.0685. The third-order valence-corrected chi connectivity index (χ3v) is 5.57. The van der Waals surface area contributed by atoms with Crippen LogP contribution in [0.15, 0.2) is 58.2 Å². The summed E-state index contributed by atoms with van der Waals surface area (Å²) in [5.41, 5.74) is 2.87. The van der Waals surface area contributed by atoms with Crippen molar-refractivity contribution >= 4 is 5.95 Å². The molecule has 1 atom stereocenters. The number of hydrogen-bond acceptors (Lipinski definition) is 9. The lowest BCUT2D eigenvalue weighted by atomic mass is 10.1. The minimum Gasteiger partial charge on any atom is -0.372 e. The Kier molecular flexibility index (Phi) is 5.66. The van der Waals surface area contributed by atoms with Gasteiger partial charge in [-0.3, -0.25) is 9.36 Å². The van der Waals surface area contributed by atoms with Crippen LogP contribution in [-0.2, 0) is 11.8 Å². The fraction of sp³-hybridized carbons (Fsp3) is 0.304. The Morgan fingerprint density at radius 3 is 2.67 bits per heavy atom. The minimum absolute atomic E-state index is 0.144. The Bertz CT molecular complexity index is 1300. The van der Waals surface area contributed by atoms with Gasteiger partial charge in [-0.2, -0.15) is 4.98 Å². The van der Waals surface area contributed by atoms with Crippen LogP contribution >= 0.6 is 0 Å². The molecule has 1 aliphatic heterocycles. The van der Waals surface area contributed by atoms with E-state index in [1.807, 2.05) is 24.3 Å². The van der Waals surface area contributed by atoms with E-state index in [1.54, 1.807) is 30.8 Å². The summed E-state index contributed by atoms with van der Waals surface area (Å²) >= 11 is 0. The smallest absolute Gasteiger partial charge is 0.257 e. The predicted molar refractivity (Wildman–Crippen MR) is 120 cm³/mol. The molecule has 4 heterocycles. The molecule has 0 unspecified atom stereocenters. The molecule has 4 aromatic rings. The summed E-state index contributed by atoms with van der Waals surface area (Å²) in [4.78, 5) is 32.0. The third-order valence-electron chi connectivity index (χ3n) is 5.57. The van der Waals surface area contributed by atoms with Crippen molar-refractivity contribution in [3.05, 3.63) is 70.7 Å². The zero-order valence-electron chi connectivity index (χ0n) is 18.4. The lowest BCUT2D eigenvalue weighted by Crippen LogP contribution is -2.34. The summed E-state index contributed by atoms with van der Waals surface area (Å²) in [5.74, 6) is 1.67. The molecule has 1 aromatic carbocycles. The van der Waals surface area contributed by atoms with Crippen LogP contribution in [0.2, 0.25) is 0 Å². The molecule has 3 aromatic heterocycles. The van der Waals surface area contributed by atoms with E-state index in [0.717, 1.165) is 24.1 Å². The van der Waals surface area contributed by atoms with Gasteiger partial charge in [-0.1, -0.05) is 17.3 Å². The summed E-state index contributed by atoms with van der Waals surface area (Å²) in [6.45, 7) is 3.69. The zero-order valence-corrected chi connectivity index (χ0v) is 18.4. The van der Waals surface area contributed by atoms with Crippen molar-refractivity contribution in [2.24, 2.45) is 7.05 Å². The first-order valence-corrected chi connectivity index (χ1v) is 10.7. The van der Waals surface area contributed by atoms with Gasteiger partial charge in [-0.25, -0.2) is 15.0 Å². The van der Waals surface area contributed by atoms with Crippen LogP contribution in [-0.4, -0.2) is 49.4 Å². The highest BCUT2D eigenvalue weighted by Gasteiger charge is 2.24. The molecule has 0 spiro atoms. The quantitative estimate of drug-likeness (QED) is 0.468. The van der Waals surface area contributed by atoms with Gasteiger partial charge in [0, 0.05) is 38.0 Å². The van der Waals surface area contributed by atoms with Gasteiger partial charge in [0.15, 0.2) is 5.82 Å². The number of anilines is 1. The molecule has 0 aliphatic carbocycles. The van der Waals surface area contributed by atoms with Crippen molar-refractivity contribution < 1.29 is 9.26 Å². The second-order valence-corrected chi connectivity index (χ2v) is 7.86. The highest BCUT2D eigenvalue weighted by Crippen LogP contribution is 2.27. The van der Waals surface area contributed by atoms with Crippen LogP contribution in [0.4, 0.5) is 5.95 Å². The van der Waals surface area contributed by atoms with E-state index >= 15 is 0 Å². The van der Waals surface area contributed by atoms with Crippen LogP contribution < -0.4 is 10.5 Å². The molecule has 5 rings (SSSR count).